The maximum absolute atomic E-state index is 10.7. The third-order valence-corrected chi connectivity index (χ3v) is 1.24. The van der Waals surface area contributed by atoms with Crippen LogP contribution in [0.1, 0.15) is 19.8 Å². The Morgan fingerprint density at radius 2 is 2.00 bits per heavy atom. The molecule has 6 nitrogen and oxygen atoms in total. The number of ether oxygens (including phenoxy) is 1. The molecule has 0 fully saturated rings. The standard InChI is InChI=1S/C7H11NO5/c1-2-6(11)13-4(7(8)12)3-5(9)10/h4H,2-3H2,1H3,(H2,8,12)(H,9,10). The average Bonchev–Trinajstić information content (AvgIpc) is 2.02. The van der Waals surface area contributed by atoms with E-state index in [2.05, 4.69) is 4.74 Å². The maximum Gasteiger partial charge on any atom is 0.307 e. The van der Waals surface area contributed by atoms with Gasteiger partial charge in [0.25, 0.3) is 5.91 Å². The highest BCUT2D eigenvalue weighted by atomic mass is 16.5. The zero-order chi connectivity index (χ0) is 10.4. The van der Waals surface area contributed by atoms with Crippen LogP contribution in [0.3, 0.4) is 0 Å². The molecule has 0 aliphatic heterocycles. The van der Waals surface area contributed by atoms with Gasteiger partial charge in [-0.25, -0.2) is 0 Å². The van der Waals surface area contributed by atoms with E-state index < -0.39 is 30.4 Å². The van der Waals surface area contributed by atoms with Crippen molar-refractivity contribution in [2.45, 2.75) is 25.9 Å². The number of carbonyl (C=O) groups is 3. The van der Waals surface area contributed by atoms with Crippen LogP contribution in [0.25, 0.3) is 0 Å². The van der Waals surface area contributed by atoms with Crippen molar-refractivity contribution in [2.24, 2.45) is 5.73 Å². The van der Waals surface area contributed by atoms with Crippen LogP contribution >= 0.6 is 0 Å². The summed E-state index contributed by atoms with van der Waals surface area (Å²) in [5.74, 6) is -2.85. The molecule has 1 amide bonds. The summed E-state index contributed by atoms with van der Waals surface area (Å²) in [6, 6.07) is 0. The molecule has 0 aliphatic carbocycles. The number of amides is 1. The summed E-state index contributed by atoms with van der Waals surface area (Å²) in [5.41, 5.74) is 4.81. The van der Waals surface area contributed by atoms with Crippen molar-refractivity contribution >= 4 is 17.8 Å². The lowest BCUT2D eigenvalue weighted by atomic mass is 10.2. The number of carboxylic acid groups (broad SMARTS) is 1. The van der Waals surface area contributed by atoms with Gasteiger partial charge < -0.3 is 15.6 Å². The van der Waals surface area contributed by atoms with Crippen LogP contribution in [0.15, 0.2) is 0 Å². The van der Waals surface area contributed by atoms with Gasteiger partial charge in [0.1, 0.15) is 0 Å². The van der Waals surface area contributed by atoms with E-state index >= 15 is 0 Å². The summed E-state index contributed by atoms with van der Waals surface area (Å²) in [5, 5.41) is 8.32. The summed E-state index contributed by atoms with van der Waals surface area (Å²) in [6.45, 7) is 1.53. The van der Waals surface area contributed by atoms with Gasteiger partial charge in [-0.15, -0.1) is 0 Å². The van der Waals surface area contributed by atoms with Gasteiger partial charge in [0, 0.05) is 6.42 Å². The largest absolute Gasteiger partial charge is 0.481 e. The summed E-state index contributed by atoms with van der Waals surface area (Å²) >= 11 is 0. The van der Waals surface area contributed by atoms with Gasteiger partial charge in [-0.1, -0.05) is 6.92 Å². The van der Waals surface area contributed by atoms with Crippen molar-refractivity contribution in [3.8, 4) is 0 Å². The van der Waals surface area contributed by atoms with E-state index in [-0.39, 0.29) is 6.42 Å². The summed E-state index contributed by atoms with van der Waals surface area (Å²) < 4.78 is 4.48. The molecular formula is C7H11NO5. The molecule has 0 aromatic rings. The Labute approximate surface area is 74.7 Å². The van der Waals surface area contributed by atoms with Crippen LogP contribution in [-0.2, 0) is 19.1 Å². The number of primary amides is 1. The smallest absolute Gasteiger partial charge is 0.307 e. The molecule has 0 radical (unpaired) electrons. The van der Waals surface area contributed by atoms with Crippen LogP contribution in [0.2, 0.25) is 0 Å². The van der Waals surface area contributed by atoms with E-state index in [0.29, 0.717) is 0 Å². The fourth-order valence-corrected chi connectivity index (χ4v) is 0.601. The molecule has 13 heavy (non-hydrogen) atoms. The zero-order valence-corrected chi connectivity index (χ0v) is 7.15. The Morgan fingerprint density at radius 3 is 2.31 bits per heavy atom. The highest BCUT2D eigenvalue weighted by Gasteiger charge is 2.22. The van der Waals surface area contributed by atoms with Gasteiger partial charge in [-0.05, 0) is 0 Å². The first-order valence-corrected chi connectivity index (χ1v) is 3.68. The van der Waals surface area contributed by atoms with Crippen molar-refractivity contribution in [1.82, 2.24) is 0 Å². The van der Waals surface area contributed by atoms with Crippen LogP contribution in [0.5, 0.6) is 0 Å². The minimum Gasteiger partial charge on any atom is -0.481 e. The number of carbonyl (C=O) groups excluding carboxylic acids is 2. The van der Waals surface area contributed by atoms with Crippen molar-refractivity contribution < 1.29 is 24.2 Å². The second-order valence-corrected chi connectivity index (χ2v) is 2.33. The second kappa shape index (κ2) is 5.13. The van der Waals surface area contributed by atoms with E-state index in [0.717, 1.165) is 0 Å². The second-order valence-electron chi connectivity index (χ2n) is 2.33. The van der Waals surface area contributed by atoms with E-state index in [1.165, 1.54) is 6.92 Å². The Kier molecular flexibility index (Phi) is 4.50. The Balaban J connectivity index is 4.18. The normalized spacial score (nSPS) is 11.8. The summed E-state index contributed by atoms with van der Waals surface area (Å²) in [7, 11) is 0. The minimum atomic E-state index is -1.37. The third-order valence-electron chi connectivity index (χ3n) is 1.24. The zero-order valence-electron chi connectivity index (χ0n) is 7.15. The fourth-order valence-electron chi connectivity index (χ4n) is 0.601. The first-order chi connectivity index (χ1) is 5.97. The monoisotopic (exact) mass is 189 g/mol. The van der Waals surface area contributed by atoms with Gasteiger partial charge in [0.2, 0.25) is 0 Å². The fraction of sp³-hybridized carbons (Fsp3) is 0.571. The van der Waals surface area contributed by atoms with Gasteiger partial charge in [0.05, 0.1) is 6.42 Å². The van der Waals surface area contributed by atoms with E-state index in [1.54, 1.807) is 0 Å². The Bertz CT molecular complexity index is 225. The van der Waals surface area contributed by atoms with Crippen LogP contribution < -0.4 is 5.73 Å². The van der Waals surface area contributed by atoms with Gasteiger partial charge in [-0.2, -0.15) is 0 Å². The van der Waals surface area contributed by atoms with Crippen molar-refractivity contribution in [3.05, 3.63) is 0 Å². The molecule has 0 saturated carbocycles. The van der Waals surface area contributed by atoms with Crippen molar-refractivity contribution in [3.63, 3.8) is 0 Å². The topological polar surface area (TPSA) is 107 Å². The van der Waals surface area contributed by atoms with E-state index in [9.17, 15) is 14.4 Å². The van der Waals surface area contributed by atoms with E-state index in [4.69, 9.17) is 10.8 Å². The SMILES string of the molecule is CCC(=O)OC(CC(=O)O)C(N)=O. The average molecular weight is 189 g/mol. The summed E-state index contributed by atoms with van der Waals surface area (Å²) in [4.78, 5) is 31.4. The number of nitrogens with two attached hydrogens (primary N) is 1. The molecule has 1 atom stereocenters. The first kappa shape index (κ1) is 11.4. The van der Waals surface area contributed by atoms with Gasteiger partial charge in [0.15, 0.2) is 6.10 Å². The van der Waals surface area contributed by atoms with Crippen molar-refractivity contribution in [2.75, 3.05) is 0 Å². The number of hydrogen-bond acceptors (Lipinski definition) is 4. The quantitative estimate of drug-likeness (QED) is 0.554. The molecule has 0 aromatic carbocycles. The molecule has 0 aliphatic rings. The minimum absolute atomic E-state index is 0.0728. The summed E-state index contributed by atoms with van der Waals surface area (Å²) in [6.07, 6.45) is -1.89. The molecular weight excluding hydrogens is 178 g/mol. The first-order valence-electron chi connectivity index (χ1n) is 3.68. The predicted molar refractivity (Wildman–Crippen MR) is 41.6 cm³/mol. The molecule has 3 N–H and O–H groups in total. The Morgan fingerprint density at radius 1 is 1.46 bits per heavy atom. The van der Waals surface area contributed by atoms with E-state index in [1.807, 2.05) is 0 Å². The number of hydrogen-bond donors (Lipinski definition) is 2. The molecule has 0 bridgehead atoms. The number of rotatable bonds is 5. The van der Waals surface area contributed by atoms with Crippen molar-refractivity contribution in [1.29, 1.82) is 0 Å². The number of aliphatic carboxylic acids is 1. The van der Waals surface area contributed by atoms with Gasteiger partial charge >= 0.3 is 11.9 Å². The lowest BCUT2D eigenvalue weighted by molar-refractivity contribution is -0.158. The molecule has 74 valence electrons. The number of carboxylic acids is 1. The molecule has 6 heteroatoms. The van der Waals surface area contributed by atoms with Crippen LogP contribution in [0, 0.1) is 0 Å². The number of esters is 1. The lowest BCUT2D eigenvalue weighted by Crippen LogP contribution is -2.34. The molecule has 0 spiro atoms. The van der Waals surface area contributed by atoms with Crippen LogP contribution in [-0.4, -0.2) is 29.1 Å². The third kappa shape index (κ3) is 4.78. The highest BCUT2D eigenvalue weighted by Crippen LogP contribution is 2.00. The molecule has 0 heterocycles. The highest BCUT2D eigenvalue weighted by molar-refractivity contribution is 5.86. The predicted octanol–water partition coefficient (Wildman–Crippen LogP) is -0.732. The molecule has 1 unspecified atom stereocenters. The van der Waals surface area contributed by atoms with Crippen LogP contribution in [0.4, 0.5) is 0 Å². The molecule has 0 aromatic heterocycles. The van der Waals surface area contributed by atoms with Gasteiger partial charge in [-0.3, -0.25) is 14.4 Å². The maximum atomic E-state index is 10.7. The molecule has 0 rings (SSSR count). The Hall–Kier alpha value is -1.59. The molecule has 0 saturated heterocycles. The lowest BCUT2D eigenvalue weighted by Gasteiger charge is -2.11.